The molecule has 1 fully saturated rings. The second-order valence-electron chi connectivity index (χ2n) is 4.47. The Morgan fingerprint density at radius 1 is 1.56 bits per heavy atom. The fraction of sp³-hybridized carbons (Fsp3) is 0.583. The highest BCUT2D eigenvalue weighted by atomic mass is 16.5. The number of rotatable bonds is 4. The fourth-order valence-electron chi connectivity index (χ4n) is 2.24. The number of methoxy groups -OCH3 is 1. The molecule has 0 amide bonds. The van der Waals surface area contributed by atoms with Crippen molar-refractivity contribution in [3.63, 3.8) is 0 Å². The van der Waals surface area contributed by atoms with Crippen LogP contribution >= 0.6 is 0 Å². The van der Waals surface area contributed by atoms with E-state index in [-0.39, 0.29) is 5.69 Å². The zero-order valence-electron chi connectivity index (χ0n) is 10.4. The number of aromatic nitrogens is 2. The molecule has 0 saturated carbocycles. The van der Waals surface area contributed by atoms with Gasteiger partial charge in [-0.05, 0) is 18.8 Å². The molecule has 2 rings (SSSR count). The lowest BCUT2D eigenvalue weighted by atomic mass is 9.99. The van der Waals surface area contributed by atoms with Crippen LogP contribution in [0.25, 0.3) is 0 Å². The summed E-state index contributed by atoms with van der Waals surface area (Å²) in [6.07, 6.45) is 5.08. The molecule has 0 radical (unpaired) electrons. The number of carbonyl (C=O) groups is 1. The Morgan fingerprint density at radius 2 is 2.39 bits per heavy atom. The summed E-state index contributed by atoms with van der Waals surface area (Å²) in [5.74, 6) is 0.190. The molecule has 1 aromatic heterocycles. The van der Waals surface area contributed by atoms with Gasteiger partial charge in [-0.3, -0.25) is 0 Å². The molecule has 1 saturated heterocycles. The maximum atomic E-state index is 10.7. The van der Waals surface area contributed by atoms with E-state index in [9.17, 15) is 4.79 Å². The molecule has 98 valence electrons. The highest BCUT2D eigenvalue weighted by Crippen LogP contribution is 2.21. The zero-order chi connectivity index (χ0) is 13.0. The highest BCUT2D eigenvalue weighted by molar-refractivity contribution is 5.84. The zero-order valence-corrected chi connectivity index (χ0v) is 10.4. The first kappa shape index (κ1) is 12.8. The minimum atomic E-state index is -1.05. The normalized spacial score (nSPS) is 19.8. The van der Waals surface area contributed by atoms with Crippen LogP contribution in [-0.4, -0.2) is 47.8 Å². The smallest absolute Gasteiger partial charge is 0.356 e. The van der Waals surface area contributed by atoms with E-state index < -0.39 is 5.97 Å². The topological polar surface area (TPSA) is 75.5 Å². The number of nitrogens with zero attached hydrogens (tertiary/aromatic N) is 3. The molecule has 0 bridgehead atoms. The first-order valence-electron chi connectivity index (χ1n) is 6.00. The van der Waals surface area contributed by atoms with Gasteiger partial charge in [-0.1, -0.05) is 0 Å². The maximum Gasteiger partial charge on any atom is 0.356 e. The Morgan fingerprint density at radius 3 is 3.00 bits per heavy atom. The molecule has 1 unspecified atom stereocenters. The number of piperidine rings is 1. The maximum absolute atomic E-state index is 10.7. The van der Waals surface area contributed by atoms with Crippen molar-refractivity contribution < 1.29 is 14.6 Å². The van der Waals surface area contributed by atoms with Crippen molar-refractivity contribution in [2.24, 2.45) is 5.92 Å². The third-order valence-corrected chi connectivity index (χ3v) is 3.10. The Balaban J connectivity index is 2.04. The second kappa shape index (κ2) is 5.77. The molecule has 18 heavy (non-hydrogen) atoms. The van der Waals surface area contributed by atoms with Crippen LogP contribution in [-0.2, 0) is 4.74 Å². The third kappa shape index (κ3) is 2.95. The molecular weight excluding hydrogens is 234 g/mol. The summed E-state index contributed by atoms with van der Waals surface area (Å²) in [6, 6.07) is 0. The van der Waals surface area contributed by atoms with Gasteiger partial charge in [0.25, 0.3) is 0 Å². The largest absolute Gasteiger partial charge is 0.476 e. The number of hydrogen-bond donors (Lipinski definition) is 1. The Hall–Kier alpha value is -1.69. The Bertz CT molecular complexity index is 406. The van der Waals surface area contributed by atoms with Gasteiger partial charge in [0.15, 0.2) is 5.69 Å². The Kier molecular flexibility index (Phi) is 4.09. The minimum Gasteiger partial charge on any atom is -0.476 e. The standard InChI is InChI=1S/C12H17N3O3/c1-18-8-9-3-2-4-15(7-9)11-6-13-10(5-14-11)12(16)17/h5-6,9H,2-4,7-8H2,1H3,(H,16,17). The molecule has 6 heteroatoms. The third-order valence-electron chi connectivity index (χ3n) is 3.10. The summed E-state index contributed by atoms with van der Waals surface area (Å²) < 4.78 is 5.18. The lowest BCUT2D eigenvalue weighted by Crippen LogP contribution is -2.37. The summed E-state index contributed by atoms with van der Waals surface area (Å²) in [5, 5.41) is 8.77. The van der Waals surface area contributed by atoms with Gasteiger partial charge in [0.05, 0.1) is 19.0 Å². The van der Waals surface area contributed by atoms with Gasteiger partial charge in [0.1, 0.15) is 5.82 Å². The van der Waals surface area contributed by atoms with Crippen molar-refractivity contribution in [3.05, 3.63) is 18.1 Å². The summed E-state index contributed by atoms with van der Waals surface area (Å²) in [4.78, 5) is 20.9. The summed E-state index contributed by atoms with van der Waals surface area (Å²) in [6.45, 7) is 2.56. The van der Waals surface area contributed by atoms with Crippen molar-refractivity contribution in [1.29, 1.82) is 0 Å². The SMILES string of the molecule is COCC1CCCN(c2cnc(C(=O)O)cn2)C1. The van der Waals surface area contributed by atoms with Gasteiger partial charge in [0, 0.05) is 20.2 Å². The van der Waals surface area contributed by atoms with E-state index in [1.165, 1.54) is 12.4 Å². The lowest BCUT2D eigenvalue weighted by molar-refractivity contribution is 0.0690. The van der Waals surface area contributed by atoms with Gasteiger partial charge in [0.2, 0.25) is 0 Å². The van der Waals surface area contributed by atoms with Crippen LogP contribution in [0.15, 0.2) is 12.4 Å². The Labute approximate surface area is 106 Å². The van der Waals surface area contributed by atoms with Gasteiger partial charge >= 0.3 is 5.97 Å². The van der Waals surface area contributed by atoms with E-state index >= 15 is 0 Å². The van der Waals surface area contributed by atoms with E-state index in [1.807, 2.05) is 0 Å². The monoisotopic (exact) mass is 251 g/mol. The van der Waals surface area contributed by atoms with Gasteiger partial charge in [-0.15, -0.1) is 0 Å². The van der Waals surface area contributed by atoms with Gasteiger partial charge in [-0.2, -0.15) is 0 Å². The number of hydrogen-bond acceptors (Lipinski definition) is 5. The molecule has 1 aromatic rings. The quantitative estimate of drug-likeness (QED) is 0.861. The number of ether oxygens (including phenoxy) is 1. The molecule has 6 nitrogen and oxygen atoms in total. The average Bonchev–Trinajstić information content (AvgIpc) is 2.39. The fourth-order valence-corrected chi connectivity index (χ4v) is 2.24. The molecule has 2 heterocycles. The summed E-state index contributed by atoms with van der Waals surface area (Å²) in [5.41, 5.74) is -0.0239. The number of carboxylic acid groups (broad SMARTS) is 1. The van der Waals surface area contributed by atoms with Crippen LogP contribution in [0.1, 0.15) is 23.3 Å². The minimum absolute atomic E-state index is 0.0239. The summed E-state index contributed by atoms with van der Waals surface area (Å²) in [7, 11) is 1.71. The molecular formula is C12H17N3O3. The average molecular weight is 251 g/mol. The van der Waals surface area contributed by atoms with E-state index in [1.54, 1.807) is 7.11 Å². The van der Waals surface area contributed by atoms with Crippen LogP contribution in [0.4, 0.5) is 5.82 Å². The van der Waals surface area contributed by atoms with E-state index in [0.717, 1.165) is 38.4 Å². The van der Waals surface area contributed by atoms with Crippen molar-refractivity contribution in [3.8, 4) is 0 Å². The van der Waals surface area contributed by atoms with Crippen molar-refractivity contribution in [2.45, 2.75) is 12.8 Å². The van der Waals surface area contributed by atoms with Crippen molar-refractivity contribution in [1.82, 2.24) is 9.97 Å². The van der Waals surface area contributed by atoms with Crippen LogP contribution in [0.3, 0.4) is 0 Å². The second-order valence-corrected chi connectivity index (χ2v) is 4.47. The first-order valence-corrected chi connectivity index (χ1v) is 6.00. The van der Waals surface area contributed by atoms with Crippen LogP contribution < -0.4 is 4.90 Å². The number of aromatic carboxylic acids is 1. The van der Waals surface area contributed by atoms with E-state index in [4.69, 9.17) is 9.84 Å². The predicted molar refractivity (Wildman–Crippen MR) is 65.8 cm³/mol. The predicted octanol–water partition coefficient (Wildman–Crippen LogP) is 1.04. The molecule has 0 aromatic carbocycles. The molecule has 1 N–H and O–H groups in total. The number of anilines is 1. The molecule has 1 aliphatic heterocycles. The van der Waals surface area contributed by atoms with Crippen molar-refractivity contribution >= 4 is 11.8 Å². The lowest BCUT2D eigenvalue weighted by Gasteiger charge is -2.32. The molecule has 0 spiro atoms. The summed E-state index contributed by atoms with van der Waals surface area (Å²) >= 11 is 0. The first-order chi connectivity index (χ1) is 8.70. The molecule has 1 aliphatic rings. The van der Waals surface area contributed by atoms with Gasteiger partial charge < -0.3 is 14.7 Å². The van der Waals surface area contributed by atoms with Crippen molar-refractivity contribution in [2.75, 3.05) is 31.7 Å². The number of carboxylic acids is 1. The van der Waals surface area contributed by atoms with E-state index in [0.29, 0.717) is 5.92 Å². The van der Waals surface area contributed by atoms with Crippen LogP contribution in [0.2, 0.25) is 0 Å². The highest BCUT2D eigenvalue weighted by Gasteiger charge is 2.21. The van der Waals surface area contributed by atoms with Gasteiger partial charge in [-0.25, -0.2) is 14.8 Å². The van der Waals surface area contributed by atoms with Crippen LogP contribution in [0, 0.1) is 5.92 Å². The molecule has 1 atom stereocenters. The van der Waals surface area contributed by atoms with Crippen LogP contribution in [0.5, 0.6) is 0 Å². The van der Waals surface area contributed by atoms with E-state index in [2.05, 4.69) is 14.9 Å². The molecule has 0 aliphatic carbocycles.